The van der Waals surface area contributed by atoms with Crippen LogP contribution in [-0.4, -0.2) is 79.2 Å². The highest BCUT2D eigenvalue weighted by molar-refractivity contribution is 5.25. The summed E-state index contributed by atoms with van der Waals surface area (Å²) in [7, 11) is 6.02. The van der Waals surface area contributed by atoms with Crippen LogP contribution in [0.15, 0.2) is 18.3 Å². The molecule has 0 aliphatic carbocycles. The smallest absolute Gasteiger partial charge is 0.217 e. The topological polar surface area (TPSA) is 31.8 Å². The van der Waals surface area contributed by atoms with Crippen molar-refractivity contribution in [2.75, 3.05) is 47.4 Å². The van der Waals surface area contributed by atoms with Gasteiger partial charge in [-0.3, -0.25) is 9.80 Å². The van der Waals surface area contributed by atoms with E-state index in [1.54, 1.807) is 13.3 Å². The normalized spacial score (nSPS) is 25.8. The van der Waals surface area contributed by atoms with Crippen molar-refractivity contribution in [3.63, 3.8) is 0 Å². The molecule has 1 aromatic rings. The van der Waals surface area contributed by atoms with Crippen LogP contribution >= 0.6 is 0 Å². The highest BCUT2D eigenvalue weighted by Crippen LogP contribution is 2.33. The molecular weight excluding hydrogens is 276 g/mol. The van der Waals surface area contributed by atoms with E-state index >= 15 is 0 Å². The lowest BCUT2D eigenvalue weighted by Gasteiger charge is -2.26. The first kappa shape index (κ1) is 15.7. The van der Waals surface area contributed by atoms with Gasteiger partial charge in [-0.2, -0.15) is 0 Å². The molecule has 0 spiro atoms. The molecule has 3 rings (SSSR count). The van der Waals surface area contributed by atoms with Crippen LogP contribution in [0.2, 0.25) is 0 Å². The molecular formula is C17H28N4O. The van der Waals surface area contributed by atoms with E-state index in [1.807, 2.05) is 6.07 Å². The van der Waals surface area contributed by atoms with Crippen molar-refractivity contribution < 1.29 is 4.74 Å². The van der Waals surface area contributed by atoms with Crippen LogP contribution in [0.1, 0.15) is 18.4 Å². The Morgan fingerprint density at radius 3 is 2.68 bits per heavy atom. The molecule has 122 valence electrons. The van der Waals surface area contributed by atoms with Gasteiger partial charge < -0.3 is 9.64 Å². The Morgan fingerprint density at radius 2 is 1.95 bits per heavy atom. The van der Waals surface area contributed by atoms with Crippen molar-refractivity contribution in [3.05, 3.63) is 23.9 Å². The zero-order valence-electron chi connectivity index (χ0n) is 14.0. The Bertz CT molecular complexity index is 493. The van der Waals surface area contributed by atoms with Crippen LogP contribution in [0.25, 0.3) is 0 Å². The Morgan fingerprint density at radius 1 is 1.23 bits per heavy atom. The van der Waals surface area contributed by atoms with Crippen LogP contribution in [-0.2, 0) is 6.54 Å². The Hall–Kier alpha value is -1.17. The van der Waals surface area contributed by atoms with Gasteiger partial charge in [0.2, 0.25) is 5.88 Å². The highest BCUT2D eigenvalue weighted by Gasteiger charge is 2.42. The molecule has 2 aliphatic heterocycles. The maximum Gasteiger partial charge on any atom is 0.217 e. The molecule has 1 aromatic heterocycles. The number of hydrogen-bond donors (Lipinski definition) is 0. The molecule has 0 N–H and O–H groups in total. The molecule has 2 atom stereocenters. The summed E-state index contributed by atoms with van der Waals surface area (Å²) >= 11 is 0. The summed E-state index contributed by atoms with van der Waals surface area (Å²) in [4.78, 5) is 11.9. The molecule has 2 aliphatic rings. The summed E-state index contributed by atoms with van der Waals surface area (Å²) in [6.45, 7) is 5.73. The zero-order chi connectivity index (χ0) is 15.5. The third-order valence-corrected chi connectivity index (χ3v) is 5.06. The fourth-order valence-electron chi connectivity index (χ4n) is 3.91. The summed E-state index contributed by atoms with van der Waals surface area (Å²) in [6, 6.07) is 5.58. The van der Waals surface area contributed by atoms with Crippen LogP contribution in [0.4, 0.5) is 0 Å². The first-order chi connectivity index (χ1) is 10.7. The molecule has 2 saturated heterocycles. The van der Waals surface area contributed by atoms with Crippen molar-refractivity contribution in [2.45, 2.75) is 31.5 Å². The number of fused-ring (bicyclic) bond motifs is 1. The summed E-state index contributed by atoms with van der Waals surface area (Å²) in [5.41, 5.74) is 1.21. The Labute approximate surface area is 133 Å². The second kappa shape index (κ2) is 6.94. The van der Waals surface area contributed by atoms with Crippen molar-refractivity contribution in [3.8, 4) is 5.88 Å². The molecule has 0 bridgehead atoms. The number of aromatic nitrogens is 1. The monoisotopic (exact) mass is 304 g/mol. The van der Waals surface area contributed by atoms with Crippen LogP contribution in [0, 0.1) is 0 Å². The maximum absolute atomic E-state index is 5.40. The van der Waals surface area contributed by atoms with Gasteiger partial charge in [0, 0.05) is 56.6 Å². The van der Waals surface area contributed by atoms with Gasteiger partial charge in [-0.05, 0) is 33.0 Å². The third-order valence-electron chi connectivity index (χ3n) is 5.06. The molecule has 0 amide bonds. The maximum atomic E-state index is 5.40. The van der Waals surface area contributed by atoms with E-state index in [-0.39, 0.29) is 0 Å². The first-order valence-corrected chi connectivity index (χ1v) is 8.29. The van der Waals surface area contributed by atoms with Gasteiger partial charge in [-0.15, -0.1) is 0 Å². The number of nitrogens with zero attached hydrogens (tertiary/aromatic N) is 4. The number of likely N-dealkylation sites (tertiary alicyclic amines) is 2. The van der Waals surface area contributed by atoms with E-state index in [4.69, 9.17) is 4.74 Å². The lowest BCUT2D eigenvalue weighted by molar-refractivity contribution is 0.203. The molecule has 0 radical (unpaired) electrons. The van der Waals surface area contributed by atoms with Crippen molar-refractivity contribution in [1.29, 1.82) is 0 Å². The second-order valence-electron chi connectivity index (χ2n) is 6.69. The molecule has 0 unspecified atom stereocenters. The van der Waals surface area contributed by atoms with Gasteiger partial charge in [0.05, 0.1) is 7.11 Å². The van der Waals surface area contributed by atoms with Gasteiger partial charge in [-0.1, -0.05) is 6.07 Å². The van der Waals surface area contributed by atoms with E-state index in [2.05, 4.69) is 39.8 Å². The van der Waals surface area contributed by atoms with Crippen molar-refractivity contribution >= 4 is 0 Å². The fourth-order valence-corrected chi connectivity index (χ4v) is 3.91. The Balaban J connectivity index is 1.61. The molecule has 5 heteroatoms. The SMILES string of the molecule is COc1ncccc1CN1CC[C@H]2[C@H]1CCN2CCN(C)C. The van der Waals surface area contributed by atoms with Gasteiger partial charge in [0.25, 0.3) is 0 Å². The van der Waals surface area contributed by atoms with Crippen LogP contribution in [0.3, 0.4) is 0 Å². The predicted molar refractivity (Wildman–Crippen MR) is 88.1 cm³/mol. The number of methoxy groups -OCH3 is 1. The number of rotatable bonds is 6. The minimum atomic E-state index is 0.701. The highest BCUT2D eigenvalue weighted by atomic mass is 16.5. The van der Waals surface area contributed by atoms with E-state index in [1.165, 1.54) is 38.0 Å². The minimum Gasteiger partial charge on any atom is -0.481 e. The van der Waals surface area contributed by atoms with E-state index in [0.717, 1.165) is 25.0 Å². The summed E-state index contributed by atoms with van der Waals surface area (Å²) in [6.07, 6.45) is 4.38. The molecule has 5 nitrogen and oxygen atoms in total. The zero-order valence-corrected chi connectivity index (χ0v) is 14.0. The van der Waals surface area contributed by atoms with Crippen molar-refractivity contribution in [1.82, 2.24) is 19.7 Å². The number of pyridine rings is 1. The second-order valence-corrected chi connectivity index (χ2v) is 6.69. The lowest BCUT2D eigenvalue weighted by Crippen LogP contribution is -2.39. The van der Waals surface area contributed by atoms with E-state index < -0.39 is 0 Å². The summed E-state index contributed by atoms with van der Waals surface area (Å²) in [5, 5.41) is 0. The summed E-state index contributed by atoms with van der Waals surface area (Å²) < 4.78 is 5.40. The largest absolute Gasteiger partial charge is 0.481 e. The molecule has 22 heavy (non-hydrogen) atoms. The van der Waals surface area contributed by atoms with E-state index in [9.17, 15) is 0 Å². The molecule has 3 heterocycles. The number of likely N-dealkylation sites (N-methyl/N-ethyl adjacent to an activating group) is 1. The predicted octanol–water partition coefficient (Wildman–Crippen LogP) is 1.30. The van der Waals surface area contributed by atoms with Gasteiger partial charge in [0.1, 0.15) is 0 Å². The molecule has 0 aromatic carbocycles. The third kappa shape index (κ3) is 3.26. The van der Waals surface area contributed by atoms with E-state index in [0.29, 0.717) is 6.04 Å². The van der Waals surface area contributed by atoms with Crippen LogP contribution in [0.5, 0.6) is 5.88 Å². The van der Waals surface area contributed by atoms with Gasteiger partial charge in [0.15, 0.2) is 0 Å². The number of hydrogen-bond acceptors (Lipinski definition) is 5. The number of ether oxygens (including phenoxy) is 1. The lowest BCUT2D eigenvalue weighted by atomic mass is 10.1. The standard InChI is InChI=1S/C17H28N4O/c1-19(2)11-12-20-9-6-16-15(20)7-10-21(16)13-14-5-4-8-18-17(14)22-3/h4-5,8,15-16H,6-7,9-13H2,1-3H3/t15-,16+/m0/s1. The Kier molecular flexibility index (Phi) is 4.96. The molecule has 0 saturated carbocycles. The minimum absolute atomic E-state index is 0.701. The first-order valence-electron chi connectivity index (χ1n) is 8.29. The quantitative estimate of drug-likeness (QED) is 0.791. The average molecular weight is 304 g/mol. The van der Waals surface area contributed by atoms with Gasteiger partial charge in [-0.25, -0.2) is 4.98 Å². The van der Waals surface area contributed by atoms with Crippen LogP contribution < -0.4 is 4.74 Å². The molecule has 2 fully saturated rings. The van der Waals surface area contributed by atoms with Crippen molar-refractivity contribution in [2.24, 2.45) is 0 Å². The van der Waals surface area contributed by atoms with Gasteiger partial charge >= 0.3 is 0 Å². The fraction of sp³-hybridized carbons (Fsp3) is 0.706. The average Bonchev–Trinajstić information content (AvgIpc) is 3.09. The summed E-state index contributed by atoms with van der Waals surface area (Å²) in [5.74, 6) is 0.772.